The molecule has 2 aromatic heterocycles. The Hall–Kier alpha value is -3.06. The Morgan fingerprint density at radius 3 is 2.75 bits per heavy atom. The van der Waals surface area contributed by atoms with Gasteiger partial charge in [0, 0.05) is 31.0 Å². The molecule has 0 atom stereocenters. The highest BCUT2D eigenvalue weighted by atomic mass is 19.1. The van der Waals surface area contributed by atoms with Crippen LogP contribution >= 0.6 is 0 Å². The Bertz CT molecular complexity index is 924. The molecule has 1 N–H and O–H groups in total. The number of carbonyl (C=O) groups is 1. The minimum absolute atomic E-state index is 0.0661. The third-order valence-electron chi connectivity index (χ3n) is 4.22. The Balaban J connectivity index is 1.66. The lowest BCUT2D eigenvalue weighted by molar-refractivity contribution is -0.120. The van der Waals surface area contributed by atoms with Gasteiger partial charge in [-0.05, 0) is 43.9 Å². The van der Waals surface area contributed by atoms with Gasteiger partial charge in [0.1, 0.15) is 5.82 Å². The van der Waals surface area contributed by atoms with Crippen molar-refractivity contribution in [3.8, 4) is 11.3 Å². The normalized spacial score (nSPS) is 11.0. The SMILES string of the molecule is CN(C)Cc1cc(-c2ccccc2F)nn1CCNC(=O)Cc1cccnc1. The Kier molecular flexibility index (Phi) is 6.49. The number of amides is 1. The lowest BCUT2D eigenvalue weighted by Crippen LogP contribution is -2.29. The second kappa shape index (κ2) is 9.23. The number of nitrogens with one attached hydrogen (secondary N) is 1. The molecule has 0 unspecified atom stereocenters. The maximum atomic E-state index is 14.1. The molecule has 7 heteroatoms. The van der Waals surface area contributed by atoms with Crippen LogP contribution in [-0.2, 0) is 24.3 Å². The summed E-state index contributed by atoms with van der Waals surface area (Å²) in [5, 5.41) is 7.47. The maximum Gasteiger partial charge on any atom is 0.224 e. The van der Waals surface area contributed by atoms with Crippen molar-refractivity contribution in [2.75, 3.05) is 20.6 Å². The predicted molar refractivity (Wildman–Crippen MR) is 106 cm³/mol. The van der Waals surface area contributed by atoms with Crippen LogP contribution in [0.15, 0.2) is 54.9 Å². The van der Waals surface area contributed by atoms with Crippen LogP contribution in [0.4, 0.5) is 4.39 Å². The Labute approximate surface area is 164 Å². The van der Waals surface area contributed by atoms with E-state index in [0.717, 1.165) is 11.3 Å². The highest BCUT2D eigenvalue weighted by Crippen LogP contribution is 2.22. The molecule has 1 amide bonds. The van der Waals surface area contributed by atoms with Gasteiger partial charge in [-0.1, -0.05) is 18.2 Å². The molecule has 0 aliphatic carbocycles. The molecule has 146 valence electrons. The van der Waals surface area contributed by atoms with Crippen LogP contribution < -0.4 is 5.32 Å². The fourth-order valence-electron chi connectivity index (χ4n) is 2.95. The molecule has 0 saturated heterocycles. The minimum atomic E-state index is -0.298. The van der Waals surface area contributed by atoms with Crippen LogP contribution in [0, 0.1) is 5.82 Å². The molecule has 0 aliphatic heterocycles. The van der Waals surface area contributed by atoms with E-state index in [1.54, 1.807) is 30.6 Å². The number of hydrogen-bond donors (Lipinski definition) is 1. The van der Waals surface area contributed by atoms with Gasteiger partial charge in [0.2, 0.25) is 5.91 Å². The standard InChI is InChI=1S/C21H24FN5O/c1-26(2)15-17-13-20(18-7-3-4-8-19(18)22)25-27(17)11-10-24-21(28)12-16-6-5-9-23-14-16/h3-9,13-14H,10-12,15H2,1-2H3,(H,24,28). The minimum Gasteiger partial charge on any atom is -0.354 e. The zero-order valence-corrected chi connectivity index (χ0v) is 16.1. The van der Waals surface area contributed by atoms with Gasteiger partial charge in [-0.15, -0.1) is 0 Å². The summed E-state index contributed by atoms with van der Waals surface area (Å²) in [5.41, 5.74) is 2.90. The van der Waals surface area contributed by atoms with Gasteiger partial charge in [-0.2, -0.15) is 5.10 Å². The van der Waals surface area contributed by atoms with Crippen molar-refractivity contribution in [1.82, 2.24) is 25.0 Å². The van der Waals surface area contributed by atoms with E-state index in [2.05, 4.69) is 15.4 Å². The number of hydrogen-bond acceptors (Lipinski definition) is 4. The lowest BCUT2D eigenvalue weighted by Gasteiger charge is -2.12. The topological polar surface area (TPSA) is 63.1 Å². The summed E-state index contributed by atoms with van der Waals surface area (Å²) in [6, 6.07) is 12.2. The number of nitrogens with zero attached hydrogens (tertiary/aromatic N) is 4. The van der Waals surface area contributed by atoms with Crippen LogP contribution in [0.3, 0.4) is 0 Å². The van der Waals surface area contributed by atoms with Crippen molar-refractivity contribution in [2.45, 2.75) is 19.5 Å². The quantitative estimate of drug-likeness (QED) is 0.651. The summed E-state index contributed by atoms with van der Waals surface area (Å²) in [7, 11) is 3.94. The van der Waals surface area contributed by atoms with E-state index in [-0.39, 0.29) is 18.1 Å². The molecule has 0 spiro atoms. The average molecular weight is 381 g/mol. The smallest absolute Gasteiger partial charge is 0.224 e. The van der Waals surface area contributed by atoms with E-state index >= 15 is 0 Å². The van der Waals surface area contributed by atoms with Gasteiger partial charge in [-0.3, -0.25) is 14.5 Å². The lowest BCUT2D eigenvalue weighted by atomic mass is 10.1. The highest BCUT2D eigenvalue weighted by molar-refractivity contribution is 5.78. The summed E-state index contributed by atoms with van der Waals surface area (Å²) in [6.45, 7) is 1.62. The van der Waals surface area contributed by atoms with Crippen molar-refractivity contribution in [3.63, 3.8) is 0 Å². The van der Waals surface area contributed by atoms with Crippen LogP contribution in [0.1, 0.15) is 11.3 Å². The van der Waals surface area contributed by atoms with Crippen molar-refractivity contribution in [1.29, 1.82) is 0 Å². The van der Waals surface area contributed by atoms with E-state index in [1.807, 2.05) is 41.9 Å². The number of pyridine rings is 1. The zero-order valence-electron chi connectivity index (χ0n) is 16.1. The summed E-state index contributed by atoms with van der Waals surface area (Å²) in [5.74, 6) is -0.364. The molecule has 3 aromatic rings. The second-order valence-corrected chi connectivity index (χ2v) is 6.85. The fourth-order valence-corrected chi connectivity index (χ4v) is 2.95. The fraction of sp³-hybridized carbons (Fsp3) is 0.286. The van der Waals surface area contributed by atoms with Crippen molar-refractivity contribution in [2.24, 2.45) is 0 Å². The van der Waals surface area contributed by atoms with Crippen molar-refractivity contribution < 1.29 is 9.18 Å². The number of rotatable bonds is 8. The second-order valence-electron chi connectivity index (χ2n) is 6.85. The first kappa shape index (κ1) is 19.7. The van der Waals surface area contributed by atoms with Gasteiger partial charge in [-0.25, -0.2) is 4.39 Å². The maximum absolute atomic E-state index is 14.1. The predicted octanol–water partition coefficient (Wildman–Crippen LogP) is 2.50. The van der Waals surface area contributed by atoms with E-state index in [1.165, 1.54) is 6.07 Å². The number of aromatic nitrogens is 3. The summed E-state index contributed by atoms with van der Waals surface area (Å²) in [4.78, 5) is 18.2. The van der Waals surface area contributed by atoms with Crippen LogP contribution in [0.25, 0.3) is 11.3 Å². The monoisotopic (exact) mass is 381 g/mol. The first-order chi connectivity index (χ1) is 13.5. The Morgan fingerprint density at radius 1 is 1.21 bits per heavy atom. The van der Waals surface area contributed by atoms with Crippen LogP contribution in [0.5, 0.6) is 0 Å². The molecule has 0 saturated carbocycles. The molecule has 0 aliphatic rings. The van der Waals surface area contributed by atoms with Gasteiger partial charge >= 0.3 is 0 Å². The molecule has 2 heterocycles. The van der Waals surface area contributed by atoms with Crippen molar-refractivity contribution in [3.05, 3.63) is 71.9 Å². The van der Waals surface area contributed by atoms with Crippen LogP contribution in [-0.4, -0.2) is 46.2 Å². The third kappa shape index (κ3) is 5.23. The highest BCUT2D eigenvalue weighted by Gasteiger charge is 2.13. The molecule has 0 radical (unpaired) electrons. The van der Waals surface area contributed by atoms with Gasteiger partial charge in [0.15, 0.2) is 0 Å². The van der Waals surface area contributed by atoms with Crippen LogP contribution in [0.2, 0.25) is 0 Å². The molecule has 3 rings (SSSR count). The van der Waals surface area contributed by atoms with Gasteiger partial charge in [0.05, 0.1) is 24.4 Å². The number of halogens is 1. The summed E-state index contributed by atoms with van der Waals surface area (Å²) < 4.78 is 15.9. The first-order valence-electron chi connectivity index (χ1n) is 9.15. The van der Waals surface area contributed by atoms with Crippen molar-refractivity contribution >= 4 is 5.91 Å². The largest absolute Gasteiger partial charge is 0.354 e. The average Bonchev–Trinajstić information content (AvgIpc) is 3.04. The van der Waals surface area contributed by atoms with E-state index < -0.39 is 0 Å². The molecule has 1 aromatic carbocycles. The van der Waals surface area contributed by atoms with E-state index in [4.69, 9.17) is 0 Å². The molecule has 6 nitrogen and oxygen atoms in total. The third-order valence-corrected chi connectivity index (χ3v) is 4.22. The Morgan fingerprint density at radius 2 is 2.04 bits per heavy atom. The molecule has 28 heavy (non-hydrogen) atoms. The van der Waals surface area contributed by atoms with Gasteiger partial charge in [0.25, 0.3) is 0 Å². The summed E-state index contributed by atoms with van der Waals surface area (Å²) in [6.07, 6.45) is 3.65. The number of carbonyl (C=O) groups excluding carboxylic acids is 1. The van der Waals surface area contributed by atoms with E-state index in [0.29, 0.717) is 30.9 Å². The molecule has 0 fully saturated rings. The zero-order chi connectivity index (χ0) is 19.9. The molecular formula is C21H24FN5O. The molecular weight excluding hydrogens is 357 g/mol. The van der Waals surface area contributed by atoms with E-state index in [9.17, 15) is 9.18 Å². The number of benzene rings is 1. The molecule has 0 bridgehead atoms. The summed E-state index contributed by atoms with van der Waals surface area (Å²) >= 11 is 0. The first-order valence-corrected chi connectivity index (χ1v) is 9.15. The van der Waals surface area contributed by atoms with Gasteiger partial charge < -0.3 is 10.2 Å².